The molecule has 12 heteroatoms. The minimum atomic E-state index is -4.74. The van der Waals surface area contributed by atoms with Crippen molar-refractivity contribution in [1.82, 2.24) is 35.3 Å². The Balaban J connectivity index is 1.46. The number of aryl methyl sites for hydroxylation is 1. The van der Waals surface area contributed by atoms with Crippen LogP contribution >= 0.6 is 0 Å². The Labute approximate surface area is 222 Å². The Morgan fingerprint density at radius 3 is 2.54 bits per heavy atom. The highest BCUT2D eigenvalue weighted by molar-refractivity contribution is 5.94. The molecular weight excluding hydrogens is 511 g/mol. The van der Waals surface area contributed by atoms with Gasteiger partial charge in [0.1, 0.15) is 29.2 Å². The number of hydrogen-bond acceptors (Lipinski definition) is 7. The van der Waals surface area contributed by atoms with Crippen LogP contribution < -0.4 is 5.32 Å². The van der Waals surface area contributed by atoms with Crippen molar-refractivity contribution >= 4 is 10.9 Å². The zero-order valence-corrected chi connectivity index (χ0v) is 21.6. The van der Waals surface area contributed by atoms with Gasteiger partial charge in [0, 0.05) is 30.0 Å². The number of benzene rings is 1. The van der Waals surface area contributed by atoms with Crippen LogP contribution in [0.4, 0.5) is 13.2 Å². The number of fused-ring (bicyclic) bond motifs is 1. The van der Waals surface area contributed by atoms with Crippen molar-refractivity contribution in [3.63, 3.8) is 0 Å². The third-order valence-corrected chi connectivity index (χ3v) is 8.17. The van der Waals surface area contributed by atoms with E-state index in [1.807, 2.05) is 35.9 Å². The lowest BCUT2D eigenvalue weighted by molar-refractivity contribution is -0.141. The predicted molar refractivity (Wildman–Crippen MR) is 136 cm³/mol. The Bertz CT molecular complexity index is 1510. The molecule has 2 fully saturated rings. The topological polar surface area (TPSA) is 125 Å². The van der Waals surface area contributed by atoms with E-state index in [1.54, 1.807) is 6.33 Å². The number of hydrogen-bond donors (Lipinski definition) is 4. The van der Waals surface area contributed by atoms with Crippen LogP contribution in [-0.2, 0) is 18.9 Å². The molecule has 6 rings (SSSR count). The minimum absolute atomic E-state index is 0.00166. The second-order valence-electron chi connectivity index (χ2n) is 10.9. The maximum Gasteiger partial charge on any atom is 0.433 e. The first-order chi connectivity index (χ1) is 18.5. The molecule has 3 heterocycles. The van der Waals surface area contributed by atoms with E-state index in [4.69, 9.17) is 0 Å². The molecule has 0 amide bonds. The first kappa shape index (κ1) is 25.9. The summed E-state index contributed by atoms with van der Waals surface area (Å²) in [4.78, 5) is 3.81. The zero-order valence-electron chi connectivity index (χ0n) is 21.6. The molecule has 0 bridgehead atoms. The SMILES string of the molecule is Cn1cnnc1[C@@H](c1cccc(-c2n[nH]c3c([C@@](C)(O)NC4CC[C@H]4O)nc(C(F)(F)F)cc23)c1)C1CCC1. The number of rotatable bonds is 7. The number of aliphatic hydroxyl groups excluding tert-OH is 1. The van der Waals surface area contributed by atoms with Gasteiger partial charge in [-0.15, -0.1) is 10.2 Å². The van der Waals surface area contributed by atoms with Crippen molar-refractivity contribution < 1.29 is 23.4 Å². The number of pyridine rings is 1. The predicted octanol–water partition coefficient (Wildman–Crippen LogP) is 3.98. The number of aromatic nitrogens is 6. The van der Waals surface area contributed by atoms with Gasteiger partial charge >= 0.3 is 6.18 Å². The normalized spacial score (nSPS) is 22.3. The van der Waals surface area contributed by atoms with Crippen molar-refractivity contribution in [2.24, 2.45) is 13.0 Å². The van der Waals surface area contributed by atoms with Crippen molar-refractivity contribution in [3.05, 3.63) is 59.4 Å². The van der Waals surface area contributed by atoms with Crippen LogP contribution in [0.3, 0.4) is 0 Å². The molecule has 1 aromatic carbocycles. The Morgan fingerprint density at radius 1 is 1.15 bits per heavy atom. The van der Waals surface area contributed by atoms with Crippen LogP contribution in [0, 0.1) is 5.92 Å². The summed E-state index contributed by atoms with van der Waals surface area (Å²) in [6.07, 6.45) is 0.658. The molecule has 2 aliphatic carbocycles. The van der Waals surface area contributed by atoms with Crippen LogP contribution in [0.25, 0.3) is 22.2 Å². The van der Waals surface area contributed by atoms with Gasteiger partial charge in [0.25, 0.3) is 0 Å². The molecule has 0 saturated heterocycles. The average Bonchev–Trinajstić information content (AvgIpc) is 3.48. The fourth-order valence-electron chi connectivity index (χ4n) is 5.67. The monoisotopic (exact) mass is 541 g/mol. The number of nitrogens with one attached hydrogen (secondary N) is 2. The van der Waals surface area contributed by atoms with Crippen LogP contribution in [-0.4, -0.2) is 52.3 Å². The van der Waals surface area contributed by atoms with Gasteiger partial charge in [-0.3, -0.25) is 10.4 Å². The fraction of sp³-hybridized carbons (Fsp3) is 0.481. The van der Waals surface area contributed by atoms with Gasteiger partial charge in [-0.05, 0) is 56.2 Å². The average molecular weight is 542 g/mol. The third kappa shape index (κ3) is 4.60. The first-order valence-corrected chi connectivity index (χ1v) is 13.1. The number of nitrogens with zero attached hydrogens (tertiary/aromatic N) is 5. The molecule has 9 nitrogen and oxygen atoms in total. The lowest BCUT2D eigenvalue weighted by atomic mass is 9.72. The van der Waals surface area contributed by atoms with Crippen LogP contribution in [0.15, 0.2) is 36.7 Å². The molecule has 0 radical (unpaired) electrons. The summed E-state index contributed by atoms with van der Waals surface area (Å²) in [6.45, 7) is 1.34. The molecule has 39 heavy (non-hydrogen) atoms. The minimum Gasteiger partial charge on any atom is -0.392 e. The standard InChI is InChI=1S/C27H30F3N7O2/c1-26(39,33-18-9-10-19(18)38)24-23-17(12-20(32-24)27(28,29)30)22(34-35-23)16-8-4-7-15(11-16)21(14-5-3-6-14)25-36-31-13-37(25)2/h4,7-8,11-14,18-19,21,33,38-39H,3,5-6,9-10H2,1-2H3,(H,34,35)/t18?,19-,21-,26-/m1/s1. The molecule has 0 spiro atoms. The van der Waals surface area contributed by atoms with Gasteiger partial charge in [0.15, 0.2) is 5.72 Å². The van der Waals surface area contributed by atoms with E-state index in [-0.39, 0.29) is 22.5 Å². The zero-order chi connectivity index (χ0) is 27.5. The Hall–Kier alpha value is -3.35. The molecule has 3 aromatic heterocycles. The maximum absolute atomic E-state index is 14.0. The molecular formula is C27H30F3N7O2. The smallest absolute Gasteiger partial charge is 0.392 e. The largest absolute Gasteiger partial charge is 0.433 e. The van der Waals surface area contributed by atoms with Gasteiger partial charge in [-0.1, -0.05) is 24.6 Å². The molecule has 1 unspecified atom stereocenters. The van der Waals surface area contributed by atoms with Crippen molar-refractivity contribution in [2.75, 3.05) is 0 Å². The summed E-state index contributed by atoms with van der Waals surface area (Å²) in [6, 6.07) is 8.14. The quantitative estimate of drug-likeness (QED) is 0.261. The lowest BCUT2D eigenvalue weighted by Crippen LogP contribution is -2.56. The van der Waals surface area contributed by atoms with E-state index in [9.17, 15) is 23.4 Å². The molecule has 4 N–H and O–H groups in total. The summed E-state index contributed by atoms with van der Waals surface area (Å²) >= 11 is 0. The summed E-state index contributed by atoms with van der Waals surface area (Å²) in [5.74, 6) is 1.24. The highest BCUT2D eigenvalue weighted by atomic mass is 19.4. The highest BCUT2D eigenvalue weighted by Crippen LogP contribution is 2.44. The Kier molecular flexibility index (Phi) is 6.23. The van der Waals surface area contributed by atoms with Crippen LogP contribution in [0.1, 0.15) is 67.7 Å². The van der Waals surface area contributed by atoms with E-state index in [1.165, 1.54) is 6.92 Å². The van der Waals surface area contributed by atoms with Crippen molar-refractivity contribution in [1.29, 1.82) is 0 Å². The highest BCUT2D eigenvalue weighted by Gasteiger charge is 2.41. The molecule has 2 saturated carbocycles. The van der Waals surface area contributed by atoms with E-state index in [2.05, 4.69) is 30.7 Å². The fourth-order valence-corrected chi connectivity index (χ4v) is 5.67. The lowest BCUT2D eigenvalue weighted by Gasteiger charge is -2.39. The van der Waals surface area contributed by atoms with Crippen LogP contribution in [0.5, 0.6) is 0 Å². The number of halogens is 3. The molecule has 4 atom stereocenters. The number of aromatic amines is 1. The van der Waals surface area contributed by atoms with Gasteiger partial charge in [-0.2, -0.15) is 18.3 Å². The molecule has 206 valence electrons. The molecule has 0 aliphatic heterocycles. The summed E-state index contributed by atoms with van der Waals surface area (Å²) in [5, 5.41) is 39.9. The number of H-pyrrole nitrogens is 1. The van der Waals surface area contributed by atoms with Gasteiger partial charge in [0.05, 0.1) is 11.6 Å². The summed E-state index contributed by atoms with van der Waals surface area (Å²) in [7, 11) is 1.90. The maximum atomic E-state index is 14.0. The van der Waals surface area contributed by atoms with Gasteiger partial charge < -0.3 is 14.8 Å². The van der Waals surface area contributed by atoms with Gasteiger partial charge in [0.2, 0.25) is 0 Å². The van der Waals surface area contributed by atoms with E-state index in [0.717, 1.165) is 36.7 Å². The molecule has 4 aromatic rings. The Morgan fingerprint density at radius 2 is 1.95 bits per heavy atom. The number of aliphatic hydroxyl groups is 2. The number of alkyl halides is 3. The summed E-state index contributed by atoms with van der Waals surface area (Å²) in [5.41, 5.74) is -1.17. The van der Waals surface area contributed by atoms with E-state index in [0.29, 0.717) is 30.0 Å². The van der Waals surface area contributed by atoms with Crippen molar-refractivity contribution in [3.8, 4) is 11.3 Å². The van der Waals surface area contributed by atoms with Crippen LogP contribution in [0.2, 0.25) is 0 Å². The second kappa shape index (κ2) is 9.39. The van der Waals surface area contributed by atoms with Crippen molar-refractivity contribution in [2.45, 2.75) is 69.0 Å². The van der Waals surface area contributed by atoms with Gasteiger partial charge in [-0.25, -0.2) is 4.98 Å². The third-order valence-electron chi connectivity index (χ3n) is 8.17. The van der Waals surface area contributed by atoms with E-state index >= 15 is 0 Å². The molecule has 2 aliphatic rings. The van der Waals surface area contributed by atoms with E-state index < -0.39 is 29.7 Å². The first-order valence-electron chi connectivity index (χ1n) is 13.1. The summed E-state index contributed by atoms with van der Waals surface area (Å²) < 4.78 is 43.8. The second-order valence-corrected chi connectivity index (χ2v) is 10.9.